The van der Waals surface area contributed by atoms with E-state index in [1.54, 1.807) is 37.3 Å². The molecular weight excluding hydrogens is 213 g/mol. The van der Waals surface area contributed by atoms with Gasteiger partial charge in [-0.2, -0.15) is 0 Å². The van der Waals surface area contributed by atoms with Crippen LogP contribution in [0.2, 0.25) is 0 Å². The van der Waals surface area contributed by atoms with Crippen LogP contribution in [-0.2, 0) is 10.3 Å². The first-order chi connectivity index (χ1) is 6.05. The van der Waals surface area contributed by atoms with Crippen LogP contribution in [0.1, 0.15) is 6.92 Å². The Kier molecular flexibility index (Phi) is 5.70. The van der Waals surface area contributed by atoms with E-state index >= 15 is 0 Å². The van der Waals surface area contributed by atoms with Crippen molar-refractivity contribution in [3.05, 3.63) is 30.3 Å². The normalized spacial score (nSPS) is 10.4. The molecule has 72 valence electrons. The second kappa shape index (κ2) is 5.72. The van der Waals surface area contributed by atoms with Crippen molar-refractivity contribution < 1.29 is 42.5 Å². The minimum Gasteiger partial charge on any atom is -0.731 e. The molecule has 0 heterocycles. The van der Waals surface area contributed by atoms with Gasteiger partial charge >= 0.3 is 29.6 Å². The Bertz CT molecular complexity index is 365. The van der Waals surface area contributed by atoms with Gasteiger partial charge in [-0.25, -0.2) is 8.42 Å². The van der Waals surface area contributed by atoms with Crippen molar-refractivity contribution in [2.45, 2.75) is 6.92 Å². The summed E-state index contributed by atoms with van der Waals surface area (Å²) >= 11 is 0. The summed E-state index contributed by atoms with van der Waals surface area (Å²) in [5, 5.41) is 0. The Morgan fingerprint density at radius 1 is 1.29 bits per heavy atom. The number of nitrogens with zero attached hydrogens (tertiary/aromatic N) is 1. The molecule has 0 fully saturated rings. The van der Waals surface area contributed by atoms with E-state index in [0.717, 1.165) is 4.31 Å². The van der Waals surface area contributed by atoms with Crippen LogP contribution in [0.25, 0.3) is 0 Å². The number of hydrogen-bond donors (Lipinski definition) is 0. The van der Waals surface area contributed by atoms with Gasteiger partial charge in [-0.05, 0) is 19.1 Å². The minimum atomic E-state index is -4.38. The molecule has 4 nitrogen and oxygen atoms in total. The van der Waals surface area contributed by atoms with Gasteiger partial charge in [-0.3, -0.25) is 4.31 Å². The maximum Gasteiger partial charge on any atom is 1.00 e. The summed E-state index contributed by atoms with van der Waals surface area (Å²) in [7, 11) is -4.38. The summed E-state index contributed by atoms with van der Waals surface area (Å²) < 4.78 is 33.0. The average Bonchev–Trinajstić information content (AvgIpc) is 2.05. The Balaban J connectivity index is 0.00000169. The molecule has 0 aliphatic carbocycles. The first kappa shape index (κ1) is 13.9. The Morgan fingerprint density at radius 3 is 2.14 bits per heavy atom. The van der Waals surface area contributed by atoms with Gasteiger partial charge in [0.15, 0.2) is 10.3 Å². The molecule has 0 saturated heterocycles. The molecule has 6 heteroatoms. The smallest absolute Gasteiger partial charge is 0.731 e. The van der Waals surface area contributed by atoms with E-state index in [0.29, 0.717) is 5.69 Å². The fourth-order valence-electron chi connectivity index (χ4n) is 1.06. The molecule has 1 rings (SSSR count). The van der Waals surface area contributed by atoms with Gasteiger partial charge in [0.05, 0.1) is 5.69 Å². The van der Waals surface area contributed by atoms with Crippen molar-refractivity contribution in [3.8, 4) is 0 Å². The van der Waals surface area contributed by atoms with Crippen LogP contribution in [-0.4, -0.2) is 19.5 Å². The van der Waals surface area contributed by atoms with Crippen molar-refractivity contribution in [2.75, 3.05) is 10.8 Å². The summed E-state index contributed by atoms with van der Waals surface area (Å²) in [5.41, 5.74) is 0.403. The first-order valence-corrected chi connectivity index (χ1v) is 5.21. The summed E-state index contributed by atoms with van der Waals surface area (Å²) in [6.45, 7) is 1.76. The molecule has 0 bridgehead atoms. The average molecular weight is 223 g/mol. The maximum atomic E-state index is 10.7. The number of para-hydroxylation sites is 1. The van der Waals surface area contributed by atoms with Crippen molar-refractivity contribution in [3.63, 3.8) is 0 Å². The van der Waals surface area contributed by atoms with Crippen LogP contribution >= 0.6 is 0 Å². The van der Waals surface area contributed by atoms with Gasteiger partial charge in [0, 0.05) is 6.54 Å². The zero-order valence-corrected chi connectivity index (χ0v) is 11.0. The predicted octanol–water partition coefficient (Wildman–Crippen LogP) is -2.02. The zero-order chi connectivity index (χ0) is 9.90. The van der Waals surface area contributed by atoms with Gasteiger partial charge in [-0.1, -0.05) is 18.2 Å². The Labute approximate surface area is 106 Å². The second-order valence-electron chi connectivity index (χ2n) is 2.46. The van der Waals surface area contributed by atoms with Crippen LogP contribution < -0.4 is 33.9 Å². The number of hydrogen-bond acceptors (Lipinski definition) is 3. The monoisotopic (exact) mass is 223 g/mol. The van der Waals surface area contributed by atoms with Gasteiger partial charge in [-0.15, -0.1) is 0 Å². The summed E-state index contributed by atoms with van der Waals surface area (Å²) in [4.78, 5) is 0. The molecule has 0 amide bonds. The van der Waals surface area contributed by atoms with E-state index in [-0.39, 0.29) is 36.1 Å². The molecule has 0 aliphatic heterocycles. The predicted molar refractivity (Wildman–Crippen MR) is 49.2 cm³/mol. The molecule has 0 saturated carbocycles. The van der Waals surface area contributed by atoms with Crippen LogP contribution in [0.3, 0.4) is 0 Å². The van der Waals surface area contributed by atoms with E-state index in [1.807, 2.05) is 0 Å². The third kappa shape index (κ3) is 3.59. The molecule has 0 unspecified atom stereocenters. The van der Waals surface area contributed by atoms with E-state index in [9.17, 15) is 13.0 Å². The number of benzene rings is 1. The molecule has 0 N–H and O–H groups in total. The first-order valence-electron chi connectivity index (χ1n) is 3.84. The van der Waals surface area contributed by atoms with Gasteiger partial charge < -0.3 is 4.55 Å². The van der Waals surface area contributed by atoms with Gasteiger partial charge in [0.25, 0.3) is 0 Å². The summed E-state index contributed by atoms with van der Waals surface area (Å²) in [6, 6.07) is 8.29. The van der Waals surface area contributed by atoms with E-state index in [2.05, 4.69) is 0 Å². The van der Waals surface area contributed by atoms with Crippen LogP contribution in [0.4, 0.5) is 5.69 Å². The third-order valence-electron chi connectivity index (χ3n) is 1.60. The maximum absolute atomic E-state index is 10.7. The van der Waals surface area contributed by atoms with Crippen molar-refractivity contribution in [1.82, 2.24) is 0 Å². The summed E-state index contributed by atoms with van der Waals surface area (Å²) in [6.07, 6.45) is 0. The van der Waals surface area contributed by atoms with Crippen LogP contribution in [0, 0.1) is 0 Å². The van der Waals surface area contributed by atoms with Crippen molar-refractivity contribution in [2.24, 2.45) is 0 Å². The second-order valence-corrected chi connectivity index (χ2v) is 3.75. The topological polar surface area (TPSA) is 60.4 Å². The standard InChI is InChI=1S/C8H11NO3S.Na/c1-2-9(13(10,11)12)8-6-4-3-5-7-8;/h3-7H,2H2,1H3,(H,10,11,12);/q;+1/p-1. The number of rotatable bonds is 3. The van der Waals surface area contributed by atoms with Crippen molar-refractivity contribution >= 4 is 16.0 Å². The zero-order valence-electron chi connectivity index (χ0n) is 8.17. The largest absolute Gasteiger partial charge is 1.00 e. The molecule has 0 spiro atoms. The summed E-state index contributed by atoms with van der Waals surface area (Å²) in [5.74, 6) is 0. The van der Waals surface area contributed by atoms with Crippen LogP contribution in [0.15, 0.2) is 30.3 Å². The Hall–Kier alpha value is -0.0700. The number of anilines is 1. The molecule has 1 aromatic carbocycles. The molecule has 0 aliphatic rings. The molecule has 0 atom stereocenters. The fraction of sp³-hybridized carbons (Fsp3) is 0.250. The van der Waals surface area contributed by atoms with Gasteiger partial charge in [0.1, 0.15) is 0 Å². The SMILES string of the molecule is CCN(c1ccccc1)S(=O)(=O)[O-].[Na+]. The minimum absolute atomic E-state index is 0. The van der Waals surface area contributed by atoms with Crippen molar-refractivity contribution in [1.29, 1.82) is 0 Å². The molecular formula is C8H10NNaO3S. The molecule has 1 aromatic rings. The van der Waals surface area contributed by atoms with E-state index in [1.165, 1.54) is 0 Å². The fourth-order valence-corrected chi connectivity index (χ4v) is 1.76. The van der Waals surface area contributed by atoms with Crippen LogP contribution in [0.5, 0.6) is 0 Å². The third-order valence-corrected chi connectivity index (χ3v) is 2.61. The molecule has 0 radical (unpaired) electrons. The Morgan fingerprint density at radius 2 is 1.79 bits per heavy atom. The van der Waals surface area contributed by atoms with E-state index < -0.39 is 10.3 Å². The quantitative estimate of drug-likeness (QED) is 0.439. The molecule has 14 heavy (non-hydrogen) atoms. The van der Waals surface area contributed by atoms with Gasteiger partial charge in [0.2, 0.25) is 0 Å². The van der Waals surface area contributed by atoms with E-state index in [4.69, 9.17) is 0 Å². The molecule has 0 aromatic heterocycles.